The summed E-state index contributed by atoms with van der Waals surface area (Å²) in [5.41, 5.74) is -0.149. The number of amides is 1. The Morgan fingerprint density at radius 3 is 2.80 bits per heavy atom. The van der Waals surface area contributed by atoms with Gasteiger partial charge in [-0.1, -0.05) is 0 Å². The predicted molar refractivity (Wildman–Crippen MR) is 56.7 cm³/mol. The van der Waals surface area contributed by atoms with Gasteiger partial charge in [0.25, 0.3) is 0 Å². The average Bonchev–Trinajstić information content (AvgIpc) is 2.19. The van der Waals surface area contributed by atoms with Crippen LogP contribution >= 0.6 is 0 Å². The van der Waals surface area contributed by atoms with Gasteiger partial charge in [-0.25, -0.2) is 0 Å². The van der Waals surface area contributed by atoms with Crippen LogP contribution in [0.3, 0.4) is 0 Å². The molecule has 2 N–H and O–H groups in total. The van der Waals surface area contributed by atoms with E-state index in [1.54, 1.807) is 7.11 Å². The Labute approximate surface area is 90.5 Å². The van der Waals surface area contributed by atoms with E-state index in [1.807, 2.05) is 6.92 Å². The zero-order valence-electron chi connectivity index (χ0n) is 9.47. The number of carbonyl (C=O) groups excluding carboxylic acids is 1. The third-order valence-electron chi connectivity index (χ3n) is 2.40. The molecule has 1 fully saturated rings. The van der Waals surface area contributed by atoms with Gasteiger partial charge in [0.1, 0.15) is 6.61 Å². The first kappa shape index (κ1) is 12.4. The standard InChI is InChI=1S/C10H20N2O3/c1-10(7-11-8-10)15-6-9(13)12-4-3-5-14-2/h11H,3-8H2,1-2H3,(H,12,13). The lowest BCUT2D eigenvalue weighted by atomic mass is 10.0. The zero-order valence-corrected chi connectivity index (χ0v) is 9.47. The highest BCUT2D eigenvalue weighted by Crippen LogP contribution is 2.14. The average molecular weight is 216 g/mol. The molecule has 1 aliphatic rings. The summed E-state index contributed by atoms with van der Waals surface area (Å²) in [6.07, 6.45) is 0.834. The van der Waals surface area contributed by atoms with Crippen molar-refractivity contribution in [3.8, 4) is 0 Å². The Morgan fingerprint density at radius 2 is 2.27 bits per heavy atom. The molecule has 0 aromatic carbocycles. The van der Waals surface area contributed by atoms with Gasteiger partial charge in [-0.15, -0.1) is 0 Å². The van der Waals surface area contributed by atoms with Gasteiger partial charge in [-0.3, -0.25) is 4.79 Å². The van der Waals surface area contributed by atoms with Crippen LogP contribution in [0.15, 0.2) is 0 Å². The number of hydrogen-bond acceptors (Lipinski definition) is 4. The molecule has 88 valence electrons. The van der Waals surface area contributed by atoms with Crippen molar-refractivity contribution in [3.05, 3.63) is 0 Å². The normalized spacial score (nSPS) is 18.3. The van der Waals surface area contributed by atoms with Gasteiger partial charge in [0.2, 0.25) is 5.91 Å². The number of ether oxygens (including phenoxy) is 2. The van der Waals surface area contributed by atoms with Gasteiger partial charge in [-0.05, 0) is 13.3 Å². The van der Waals surface area contributed by atoms with E-state index >= 15 is 0 Å². The van der Waals surface area contributed by atoms with Gasteiger partial charge in [-0.2, -0.15) is 0 Å². The molecule has 0 unspecified atom stereocenters. The summed E-state index contributed by atoms with van der Waals surface area (Å²) in [6.45, 7) is 5.11. The van der Waals surface area contributed by atoms with Crippen LogP contribution in [-0.4, -0.2) is 51.5 Å². The molecule has 5 heteroatoms. The molecular weight excluding hydrogens is 196 g/mol. The number of rotatable bonds is 7. The molecule has 1 rings (SSSR count). The molecule has 0 bridgehead atoms. The molecule has 15 heavy (non-hydrogen) atoms. The Hall–Kier alpha value is -0.650. The molecule has 1 amide bonds. The molecule has 0 aliphatic carbocycles. The number of hydrogen-bond donors (Lipinski definition) is 2. The van der Waals surface area contributed by atoms with Crippen LogP contribution in [0.5, 0.6) is 0 Å². The van der Waals surface area contributed by atoms with E-state index in [4.69, 9.17) is 9.47 Å². The molecule has 0 atom stereocenters. The minimum atomic E-state index is -0.149. The number of nitrogens with one attached hydrogen (secondary N) is 2. The summed E-state index contributed by atoms with van der Waals surface area (Å²) >= 11 is 0. The predicted octanol–water partition coefficient (Wildman–Crippen LogP) is -0.482. The van der Waals surface area contributed by atoms with Crippen molar-refractivity contribution in [2.75, 3.05) is 40.0 Å². The van der Waals surface area contributed by atoms with E-state index in [0.29, 0.717) is 13.2 Å². The maximum Gasteiger partial charge on any atom is 0.246 e. The van der Waals surface area contributed by atoms with Crippen LogP contribution in [0.2, 0.25) is 0 Å². The minimum absolute atomic E-state index is 0.0563. The minimum Gasteiger partial charge on any atom is -0.385 e. The molecular formula is C10H20N2O3. The molecule has 0 saturated carbocycles. The highest BCUT2D eigenvalue weighted by molar-refractivity contribution is 5.77. The van der Waals surface area contributed by atoms with Crippen molar-refractivity contribution < 1.29 is 14.3 Å². The van der Waals surface area contributed by atoms with Crippen LogP contribution in [0.4, 0.5) is 0 Å². The topological polar surface area (TPSA) is 59.6 Å². The summed E-state index contributed by atoms with van der Waals surface area (Å²) in [4.78, 5) is 11.3. The molecule has 1 heterocycles. The molecule has 0 aromatic heterocycles. The van der Waals surface area contributed by atoms with Crippen LogP contribution in [0.1, 0.15) is 13.3 Å². The van der Waals surface area contributed by atoms with Gasteiger partial charge in [0.05, 0.1) is 5.60 Å². The second-order valence-corrected chi connectivity index (χ2v) is 4.04. The summed E-state index contributed by atoms with van der Waals surface area (Å²) in [5, 5.41) is 5.89. The summed E-state index contributed by atoms with van der Waals surface area (Å²) in [6, 6.07) is 0. The maximum absolute atomic E-state index is 11.3. The van der Waals surface area contributed by atoms with Crippen LogP contribution in [0.25, 0.3) is 0 Å². The molecule has 1 saturated heterocycles. The van der Waals surface area contributed by atoms with E-state index in [-0.39, 0.29) is 18.1 Å². The van der Waals surface area contributed by atoms with Crippen molar-refractivity contribution in [3.63, 3.8) is 0 Å². The fourth-order valence-electron chi connectivity index (χ4n) is 1.31. The van der Waals surface area contributed by atoms with E-state index in [9.17, 15) is 4.79 Å². The fraction of sp³-hybridized carbons (Fsp3) is 0.900. The quantitative estimate of drug-likeness (QED) is 0.564. The molecule has 5 nitrogen and oxygen atoms in total. The SMILES string of the molecule is COCCCNC(=O)COC1(C)CNC1. The van der Waals surface area contributed by atoms with Crippen molar-refractivity contribution in [2.45, 2.75) is 18.9 Å². The van der Waals surface area contributed by atoms with E-state index in [2.05, 4.69) is 10.6 Å². The van der Waals surface area contributed by atoms with Gasteiger partial charge < -0.3 is 20.1 Å². The molecule has 0 aromatic rings. The smallest absolute Gasteiger partial charge is 0.246 e. The summed E-state index contributed by atoms with van der Waals surface area (Å²) < 4.78 is 10.4. The van der Waals surface area contributed by atoms with E-state index in [1.165, 1.54) is 0 Å². The lowest BCUT2D eigenvalue weighted by Gasteiger charge is -2.38. The second kappa shape index (κ2) is 6.05. The van der Waals surface area contributed by atoms with Crippen LogP contribution in [0, 0.1) is 0 Å². The Morgan fingerprint density at radius 1 is 1.53 bits per heavy atom. The lowest BCUT2D eigenvalue weighted by molar-refractivity contribution is -0.135. The highest BCUT2D eigenvalue weighted by atomic mass is 16.5. The van der Waals surface area contributed by atoms with Gasteiger partial charge in [0.15, 0.2) is 0 Å². The van der Waals surface area contributed by atoms with Gasteiger partial charge in [0, 0.05) is 33.4 Å². The van der Waals surface area contributed by atoms with Gasteiger partial charge >= 0.3 is 0 Å². The largest absolute Gasteiger partial charge is 0.385 e. The highest BCUT2D eigenvalue weighted by Gasteiger charge is 2.32. The number of methoxy groups -OCH3 is 1. The first-order valence-electron chi connectivity index (χ1n) is 5.27. The summed E-state index contributed by atoms with van der Waals surface area (Å²) in [5.74, 6) is -0.0563. The van der Waals surface area contributed by atoms with Crippen LogP contribution < -0.4 is 10.6 Å². The van der Waals surface area contributed by atoms with E-state index < -0.39 is 0 Å². The Bertz CT molecular complexity index is 205. The molecule has 0 radical (unpaired) electrons. The molecule has 0 spiro atoms. The lowest BCUT2D eigenvalue weighted by Crippen LogP contribution is -2.59. The molecule has 1 aliphatic heterocycles. The zero-order chi connectivity index (χ0) is 11.1. The fourth-order valence-corrected chi connectivity index (χ4v) is 1.31. The van der Waals surface area contributed by atoms with Crippen molar-refractivity contribution in [2.24, 2.45) is 0 Å². The first-order valence-corrected chi connectivity index (χ1v) is 5.27. The van der Waals surface area contributed by atoms with Crippen molar-refractivity contribution in [1.29, 1.82) is 0 Å². The second-order valence-electron chi connectivity index (χ2n) is 4.04. The third-order valence-corrected chi connectivity index (χ3v) is 2.40. The monoisotopic (exact) mass is 216 g/mol. The number of carbonyl (C=O) groups is 1. The maximum atomic E-state index is 11.3. The van der Waals surface area contributed by atoms with Crippen molar-refractivity contribution >= 4 is 5.91 Å². The third kappa shape index (κ3) is 4.59. The van der Waals surface area contributed by atoms with E-state index in [0.717, 1.165) is 19.5 Å². The Kier molecular flexibility index (Phi) is 5.01. The first-order chi connectivity index (χ1) is 7.16. The Balaban J connectivity index is 1.98. The van der Waals surface area contributed by atoms with Crippen molar-refractivity contribution in [1.82, 2.24) is 10.6 Å². The van der Waals surface area contributed by atoms with Crippen LogP contribution in [-0.2, 0) is 14.3 Å². The summed E-state index contributed by atoms with van der Waals surface area (Å²) in [7, 11) is 1.65.